The minimum absolute atomic E-state index is 0.149. The fraction of sp³-hybridized carbons (Fsp3) is 1.00. The molecule has 0 radical (unpaired) electrons. The van der Waals surface area contributed by atoms with Crippen molar-refractivity contribution in [2.75, 3.05) is 59.4 Å². The molecule has 0 aliphatic carbocycles. The van der Waals surface area contributed by atoms with Gasteiger partial charge < -0.3 is 10.0 Å². The van der Waals surface area contributed by atoms with Gasteiger partial charge in [-0.3, -0.25) is 9.80 Å². The standard InChI is InChI=1S/C35H73N3O/c1-4-6-8-10-12-14-15-16-17-18-19-21-23-25-27-38(33-32-37-30-28-36(3)29-31-37)34-35(39)26-24-22-20-13-11-9-7-5-2/h35,39H,4-34H2,1-3H3. The van der Waals surface area contributed by atoms with Crippen molar-refractivity contribution < 1.29 is 5.11 Å². The van der Waals surface area contributed by atoms with Crippen molar-refractivity contribution in [2.45, 2.75) is 168 Å². The highest BCUT2D eigenvalue weighted by atomic mass is 16.3. The first-order valence-electron chi connectivity index (χ1n) is 18.0. The molecule has 1 rings (SSSR count). The maximum atomic E-state index is 10.8. The minimum Gasteiger partial charge on any atom is -0.392 e. The molecule has 4 nitrogen and oxygen atoms in total. The average Bonchev–Trinajstić information content (AvgIpc) is 2.94. The molecule has 39 heavy (non-hydrogen) atoms. The van der Waals surface area contributed by atoms with Gasteiger partial charge in [0.15, 0.2) is 0 Å². The van der Waals surface area contributed by atoms with E-state index in [1.54, 1.807) is 0 Å². The zero-order valence-electron chi connectivity index (χ0n) is 27.3. The molecule has 1 saturated heterocycles. The predicted octanol–water partition coefficient (Wildman–Crippen LogP) is 8.91. The lowest BCUT2D eigenvalue weighted by molar-refractivity contribution is 0.0861. The molecule has 0 bridgehead atoms. The Kier molecular flexibility index (Phi) is 26.5. The van der Waals surface area contributed by atoms with E-state index in [1.807, 2.05) is 0 Å². The topological polar surface area (TPSA) is 30.0 Å². The Hall–Kier alpha value is -0.160. The molecule has 0 amide bonds. The van der Waals surface area contributed by atoms with E-state index in [1.165, 1.54) is 174 Å². The highest BCUT2D eigenvalue weighted by molar-refractivity contribution is 4.72. The molecule has 0 aromatic carbocycles. The van der Waals surface area contributed by atoms with E-state index in [4.69, 9.17) is 0 Å². The van der Waals surface area contributed by atoms with Crippen molar-refractivity contribution >= 4 is 0 Å². The lowest BCUT2D eigenvalue weighted by atomic mass is 10.0. The fourth-order valence-corrected chi connectivity index (χ4v) is 6.08. The van der Waals surface area contributed by atoms with E-state index in [0.29, 0.717) is 0 Å². The maximum Gasteiger partial charge on any atom is 0.0667 e. The Balaban J connectivity index is 2.14. The van der Waals surface area contributed by atoms with Gasteiger partial charge in [-0.1, -0.05) is 149 Å². The van der Waals surface area contributed by atoms with E-state index in [9.17, 15) is 5.11 Å². The summed E-state index contributed by atoms with van der Waals surface area (Å²) in [6, 6.07) is 0. The summed E-state index contributed by atoms with van der Waals surface area (Å²) < 4.78 is 0. The van der Waals surface area contributed by atoms with E-state index >= 15 is 0 Å². The summed E-state index contributed by atoms with van der Waals surface area (Å²) in [6.45, 7) is 13.7. The van der Waals surface area contributed by atoms with Gasteiger partial charge in [-0.2, -0.15) is 0 Å². The molecule has 1 unspecified atom stereocenters. The zero-order valence-corrected chi connectivity index (χ0v) is 27.3. The Morgan fingerprint density at radius 1 is 0.538 bits per heavy atom. The molecule has 0 saturated carbocycles. The van der Waals surface area contributed by atoms with Crippen LogP contribution in [0, 0.1) is 0 Å². The summed E-state index contributed by atoms with van der Waals surface area (Å²) in [5, 5.41) is 10.8. The lowest BCUT2D eigenvalue weighted by Gasteiger charge is -2.34. The molecule has 1 heterocycles. The molecular formula is C35H73N3O. The van der Waals surface area contributed by atoms with Crippen LogP contribution in [0.25, 0.3) is 0 Å². The first-order valence-corrected chi connectivity index (χ1v) is 18.0. The summed E-state index contributed by atoms with van der Waals surface area (Å²) >= 11 is 0. The summed E-state index contributed by atoms with van der Waals surface area (Å²) in [4.78, 5) is 7.66. The molecule has 1 aliphatic heterocycles. The van der Waals surface area contributed by atoms with Gasteiger partial charge in [0.2, 0.25) is 0 Å². The summed E-state index contributed by atoms with van der Waals surface area (Å²) in [7, 11) is 2.24. The van der Waals surface area contributed by atoms with Crippen molar-refractivity contribution in [3.8, 4) is 0 Å². The number of nitrogens with zero attached hydrogens (tertiary/aromatic N) is 3. The van der Waals surface area contributed by atoms with E-state index in [-0.39, 0.29) is 6.10 Å². The Labute approximate surface area is 246 Å². The SMILES string of the molecule is CCCCCCCCCCCCCCCCN(CCN1CCN(C)CC1)CC(O)CCCCCCCCCC. The van der Waals surface area contributed by atoms with Crippen molar-refractivity contribution in [3.63, 3.8) is 0 Å². The molecule has 234 valence electrons. The number of unbranched alkanes of at least 4 members (excludes halogenated alkanes) is 20. The molecule has 0 aromatic rings. The van der Waals surface area contributed by atoms with Gasteiger partial charge in [-0.05, 0) is 26.4 Å². The molecule has 1 N–H and O–H groups in total. The van der Waals surface area contributed by atoms with Crippen LogP contribution in [0.3, 0.4) is 0 Å². The second-order valence-corrected chi connectivity index (χ2v) is 13.0. The molecule has 4 heteroatoms. The fourth-order valence-electron chi connectivity index (χ4n) is 6.08. The quantitative estimate of drug-likeness (QED) is 0.0940. The van der Waals surface area contributed by atoms with Crippen molar-refractivity contribution in [3.05, 3.63) is 0 Å². The third-order valence-electron chi connectivity index (χ3n) is 9.02. The largest absolute Gasteiger partial charge is 0.392 e. The van der Waals surface area contributed by atoms with Gasteiger partial charge in [0.1, 0.15) is 0 Å². The van der Waals surface area contributed by atoms with Gasteiger partial charge in [0.05, 0.1) is 6.10 Å². The minimum atomic E-state index is -0.149. The van der Waals surface area contributed by atoms with Crippen LogP contribution in [-0.4, -0.2) is 85.3 Å². The van der Waals surface area contributed by atoms with Crippen molar-refractivity contribution in [1.29, 1.82) is 0 Å². The smallest absolute Gasteiger partial charge is 0.0667 e. The second-order valence-electron chi connectivity index (χ2n) is 13.0. The maximum absolute atomic E-state index is 10.8. The molecule has 1 atom stereocenters. The molecular weight excluding hydrogens is 478 g/mol. The summed E-state index contributed by atoms with van der Waals surface area (Å²) in [5.74, 6) is 0. The van der Waals surface area contributed by atoms with Gasteiger partial charge >= 0.3 is 0 Å². The molecule has 0 spiro atoms. The molecule has 0 aromatic heterocycles. The number of rotatable bonds is 29. The Bertz CT molecular complexity index is 481. The molecule has 1 fully saturated rings. The van der Waals surface area contributed by atoms with Gasteiger partial charge in [0.25, 0.3) is 0 Å². The number of aliphatic hydroxyl groups is 1. The number of hydrogen-bond acceptors (Lipinski definition) is 4. The highest BCUT2D eigenvalue weighted by Gasteiger charge is 2.16. The first kappa shape index (κ1) is 36.9. The number of piperazine rings is 1. The van der Waals surface area contributed by atoms with E-state index in [2.05, 4.69) is 35.6 Å². The predicted molar refractivity (Wildman–Crippen MR) is 174 cm³/mol. The summed E-state index contributed by atoms with van der Waals surface area (Å²) in [6.07, 6.45) is 31.4. The van der Waals surface area contributed by atoms with Crippen LogP contribution in [0.2, 0.25) is 0 Å². The number of likely N-dealkylation sites (N-methyl/N-ethyl adjacent to an activating group) is 1. The average molecular weight is 552 g/mol. The Morgan fingerprint density at radius 3 is 1.41 bits per heavy atom. The van der Waals surface area contributed by atoms with E-state index < -0.39 is 0 Å². The third-order valence-corrected chi connectivity index (χ3v) is 9.02. The van der Waals surface area contributed by atoms with Crippen molar-refractivity contribution in [1.82, 2.24) is 14.7 Å². The number of aliphatic hydroxyl groups excluding tert-OH is 1. The normalized spacial score (nSPS) is 15.9. The van der Waals surface area contributed by atoms with Crippen LogP contribution in [0.4, 0.5) is 0 Å². The van der Waals surface area contributed by atoms with Crippen LogP contribution in [0.5, 0.6) is 0 Å². The van der Waals surface area contributed by atoms with Crippen LogP contribution >= 0.6 is 0 Å². The van der Waals surface area contributed by atoms with Crippen LogP contribution < -0.4 is 0 Å². The highest BCUT2D eigenvalue weighted by Crippen LogP contribution is 2.14. The lowest BCUT2D eigenvalue weighted by Crippen LogP contribution is -2.47. The molecule has 1 aliphatic rings. The van der Waals surface area contributed by atoms with Crippen molar-refractivity contribution in [2.24, 2.45) is 0 Å². The van der Waals surface area contributed by atoms with Crippen LogP contribution in [0.15, 0.2) is 0 Å². The Morgan fingerprint density at radius 2 is 0.949 bits per heavy atom. The van der Waals surface area contributed by atoms with E-state index in [0.717, 1.165) is 26.1 Å². The van der Waals surface area contributed by atoms with Crippen LogP contribution in [-0.2, 0) is 0 Å². The van der Waals surface area contributed by atoms with Gasteiger partial charge in [-0.15, -0.1) is 0 Å². The van der Waals surface area contributed by atoms with Gasteiger partial charge in [0, 0.05) is 45.8 Å². The zero-order chi connectivity index (χ0) is 28.2. The van der Waals surface area contributed by atoms with Gasteiger partial charge in [-0.25, -0.2) is 0 Å². The summed E-state index contributed by atoms with van der Waals surface area (Å²) in [5.41, 5.74) is 0. The third kappa shape index (κ3) is 24.2. The first-order chi connectivity index (χ1) is 19.2. The van der Waals surface area contributed by atoms with Crippen LogP contribution in [0.1, 0.15) is 162 Å². The monoisotopic (exact) mass is 552 g/mol. The number of hydrogen-bond donors (Lipinski definition) is 1. The second kappa shape index (κ2) is 28.0.